The summed E-state index contributed by atoms with van der Waals surface area (Å²) < 4.78 is 6.45. The van der Waals surface area contributed by atoms with E-state index >= 15 is 0 Å². The Morgan fingerprint density at radius 3 is 2.46 bits per heavy atom. The quantitative estimate of drug-likeness (QED) is 0.501. The number of nitrogens with zero attached hydrogens (tertiary/aromatic N) is 2. The van der Waals surface area contributed by atoms with Crippen LogP contribution in [0.1, 0.15) is 51.5 Å². The molecule has 1 spiro atoms. The minimum absolute atomic E-state index is 0.125. The van der Waals surface area contributed by atoms with Gasteiger partial charge in [-0.05, 0) is 45.0 Å². The van der Waals surface area contributed by atoms with Gasteiger partial charge in [-0.25, -0.2) is 0 Å². The molecule has 200 valence electrons. The van der Waals surface area contributed by atoms with Gasteiger partial charge in [0.15, 0.2) is 0 Å². The summed E-state index contributed by atoms with van der Waals surface area (Å²) in [5.41, 5.74) is 0.676. The summed E-state index contributed by atoms with van der Waals surface area (Å²) in [6.45, 7) is 9.01. The number of fused-ring (bicyclic) bond motifs is 1. The van der Waals surface area contributed by atoms with E-state index in [0.29, 0.717) is 18.8 Å². The molecule has 4 aliphatic rings. The van der Waals surface area contributed by atoms with Crippen molar-refractivity contribution in [2.75, 3.05) is 31.5 Å². The maximum atomic E-state index is 14.0. The van der Waals surface area contributed by atoms with Gasteiger partial charge in [0.2, 0.25) is 17.7 Å². The number of aryl methyl sites for hydroxylation is 1. The van der Waals surface area contributed by atoms with E-state index in [1.807, 2.05) is 43.3 Å². The summed E-state index contributed by atoms with van der Waals surface area (Å²) >= 11 is 0. The fourth-order valence-electron chi connectivity index (χ4n) is 6.69. The fraction of sp³-hybridized carbons (Fsp3) is 0.621. The number of amides is 3. The molecule has 0 aromatic heterocycles. The van der Waals surface area contributed by atoms with Crippen molar-refractivity contribution in [2.24, 2.45) is 11.8 Å². The number of likely N-dealkylation sites (N-methyl/N-ethyl adjacent to an activating group) is 1. The van der Waals surface area contributed by atoms with Crippen LogP contribution in [0.3, 0.4) is 0 Å². The second kappa shape index (κ2) is 10.6. The normalized spacial score (nSPS) is 30.7. The van der Waals surface area contributed by atoms with Crippen LogP contribution in [0.4, 0.5) is 5.69 Å². The van der Waals surface area contributed by atoms with Crippen molar-refractivity contribution >= 4 is 23.4 Å². The van der Waals surface area contributed by atoms with Crippen LogP contribution in [0.25, 0.3) is 0 Å². The first-order valence-electron chi connectivity index (χ1n) is 14.0. The van der Waals surface area contributed by atoms with Crippen LogP contribution >= 0.6 is 0 Å². The molecule has 5 atom stereocenters. The fourth-order valence-corrected chi connectivity index (χ4v) is 6.69. The number of benzene rings is 1. The van der Waals surface area contributed by atoms with E-state index in [1.165, 1.54) is 6.42 Å². The van der Waals surface area contributed by atoms with E-state index in [-0.39, 0.29) is 23.8 Å². The third-order valence-corrected chi connectivity index (χ3v) is 8.75. The molecule has 0 radical (unpaired) electrons. The Labute approximate surface area is 219 Å². The first-order chi connectivity index (χ1) is 17.9. The number of hydrogen-bond donors (Lipinski definition) is 2. The molecule has 2 bridgehead atoms. The van der Waals surface area contributed by atoms with E-state index in [2.05, 4.69) is 29.4 Å². The van der Waals surface area contributed by atoms with Gasteiger partial charge in [0.1, 0.15) is 11.6 Å². The predicted molar refractivity (Wildman–Crippen MR) is 142 cm³/mol. The second-order valence-corrected chi connectivity index (χ2v) is 11.0. The molecule has 8 nitrogen and oxygen atoms in total. The predicted octanol–water partition coefficient (Wildman–Crippen LogP) is 2.87. The van der Waals surface area contributed by atoms with Crippen LogP contribution in [0.5, 0.6) is 0 Å². The Bertz CT molecular complexity index is 1050. The Kier molecular flexibility index (Phi) is 7.41. The molecule has 1 aromatic rings. The average molecular weight is 509 g/mol. The lowest BCUT2D eigenvalue weighted by molar-refractivity contribution is -0.141. The first kappa shape index (κ1) is 25.9. The minimum Gasteiger partial charge on any atom is -0.359 e. The smallest absolute Gasteiger partial charge is 0.246 e. The topological polar surface area (TPSA) is 91.0 Å². The number of carbonyl (C=O) groups is 3. The molecule has 3 heterocycles. The van der Waals surface area contributed by atoms with Gasteiger partial charge < -0.3 is 25.2 Å². The summed E-state index contributed by atoms with van der Waals surface area (Å²) in [6.07, 6.45) is 8.57. The molecule has 3 fully saturated rings. The van der Waals surface area contributed by atoms with Gasteiger partial charge in [-0.1, -0.05) is 63.0 Å². The standard InChI is InChI=1S/C29H40N4O4/c1-4-32(5-2)17-18-33-25(27(35)31-20-9-7-6-8-10-20)29-16-15-22(37-29)23(24(29)28(33)36)26(34)30-21-13-11-19(3)12-14-21/h11-16,20,22-25H,4-10,17-18H2,1-3H3,(H,30,34)(H,31,35). The van der Waals surface area contributed by atoms with Crippen molar-refractivity contribution in [3.8, 4) is 0 Å². The van der Waals surface area contributed by atoms with Crippen molar-refractivity contribution in [3.05, 3.63) is 42.0 Å². The van der Waals surface area contributed by atoms with E-state index < -0.39 is 29.6 Å². The number of carbonyl (C=O) groups excluding carboxylic acids is 3. The highest BCUT2D eigenvalue weighted by Crippen LogP contribution is 2.55. The minimum atomic E-state index is -1.11. The van der Waals surface area contributed by atoms with Crippen molar-refractivity contribution < 1.29 is 19.1 Å². The highest BCUT2D eigenvalue weighted by molar-refractivity contribution is 6.02. The van der Waals surface area contributed by atoms with E-state index in [9.17, 15) is 14.4 Å². The molecule has 5 unspecified atom stereocenters. The maximum absolute atomic E-state index is 14.0. The van der Waals surface area contributed by atoms with Gasteiger partial charge in [-0.3, -0.25) is 14.4 Å². The van der Waals surface area contributed by atoms with Crippen LogP contribution in [-0.2, 0) is 19.1 Å². The highest BCUT2D eigenvalue weighted by Gasteiger charge is 2.72. The second-order valence-electron chi connectivity index (χ2n) is 11.0. The lowest BCUT2D eigenvalue weighted by Gasteiger charge is -2.34. The summed E-state index contributed by atoms with van der Waals surface area (Å²) in [5, 5.41) is 6.23. The zero-order valence-electron chi connectivity index (χ0n) is 22.2. The molecule has 3 amide bonds. The SMILES string of the molecule is CCN(CC)CCN1C(=O)C2C(C(=O)Nc3ccc(C)cc3)C3C=CC2(O3)C1C(=O)NC1CCCCC1. The molecule has 3 aliphatic heterocycles. The zero-order valence-corrected chi connectivity index (χ0v) is 22.2. The molecule has 5 rings (SSSR count). The third-order valence-electron chi connectivity index (χ3n) is 8.75. The van der Waals surface area contributed by atoms with Crippen molar-refractivity contribution in [1.82, 2.24) is 15.1 Å². The summed E-state index contributed by atoms with van der Waals surface area (Å²) in [4.78, 5) is 45.3. The molecule has 1 aromatic carbocycles. The zero-order chi connectivity index (χ0) is 26.2. The largest absolute Gasteiger partial charge is 0.359 e. The van der Waals surface area contributed by atoms with E-state index in [1.54, 1.807) is 4.90 Å². The maximum Gasteiger partial charge on any atom is 0.246 e. The summed E-state index contributed by atoms with van der Waals surface area (Å²) in [7, 11) is 0. The van der Waals surface area contributed by atoms with Crippen LogP contribution in [-0.4, -0.2) is 77.5 Å². The van der Waals surface area contributed by atoms with Crippen LogP contribution in [0.2, 0.25) is 0 Å². The molecular formula is C29H40N4O4. The van der Waals surface area contributed by atoms with Gasteiger partial charge in [-0.2, -0.15) is 0 Å². The van der Waals surface area contributed by atoms with Crippen molar-refractivity contribution in [2.45, 2.75) is 76.7 Å². The van der Waals surface area contributed by atoms with E-state index in [4.69, 9.17) is 4.74 Å². The van der Waals surface area contributed by atoms with Gasteiger partial charge >= 0.3 is 0 Å². The van der Waals surface area contributed by atoms with Crippen molar-refractivity contribution in [3.63, 3.8) is 0 Å². The average Bonchev–Trinajstić information content (AvgIpc) is 3.54. The molecule has 37 heavy (non-hydrogen) atoms. The number of ether oxygens (including phenoxy) is 1. The number of likely N-dealkylation sites (tertiary alicyclic amines) is 1. The Morgan fingerprint density at radius 2 is 1.78 bits per heavy atom. The van der Waals surface area contributed by atoms with Crippen LogP contribution in [0, 0.1) is 18.8 Å². The highest BCUT2D eigenvalue weighted by atomic mass is 16.5. The third kappa shape index (κ3) is 4.70. The molecule has 8 heteroatoms. The van der Waals surface area contributed by atoms with Gasteiger partial charge in [0.25, 0.3) is 0 Å². The van der Waals surface area contributed by atoms with Gasteiger partial charge in [0.05, 0.1) is 17.9 Å². The number of rotatable bonds is 9. The molecule has 1 saturated carbocycles. The lowest BCUT2D eigenvalue weighted by atomic mass is 9.74. The van der Waals surface area contributed by atoms with Crippen molar-refractivity contribution in [1.29, 1.82) is 0 Å². The Morgan fingerprint density at radius 1 is 1.08 bits per heavy atom. The summed E-state index contributed by atoms with van der Waals surface area (Å²) in [5.74, 6) is -1.96. The van der Waals surface area contributed by atoms with Crippen LogP contribution in [0.15, 0.2) is 36.4 Å². The Balaban J connectivity index is 1.42. The lowest BCUT2D eigenvalue weighted by Crippen LogP contribution is -2.57. The number of anilines is 1. The molecule has 2 N–H and O–H groups in total. The summed E-state index contributed by atoms with van der Waals surface area (Å²) in [6, 6.07) is 6.95. The van der Waals surface area contributed by atoms with E-state index in [0.717, 1.165) is 44.3 Å². The number of nitrogens with one attached hydrogen (secondary N) is 2. The van der Waals surface area contributed by atoms with Crippen LogP contribution < -0.4 is 10.6 Å². The number of hydrogen-bond acceptors (Lipinski definition) is 5. The molecular weight excluding hydrogens is 468 g/mol. The molecule has 1 aliphatic carbocycles. The van der Waals surface area contributed by atoms with Gasteiger partial charge in [0, 0.05) is 24.8 Å². The Hall–Kier alpha value is -2.71. The first-order valence-corrected chi connectivity index (χ1v) is 14.0. The molecule has 2 saturated heterocycles. The monoisotopic (exact) mass is 508 g/mol. The van der Waals surface area contributed by atoms with Gasteiger partial charge in [-0.15, -0.1) is 0 Å².